The summed E-state index contributed by atoms with van der Waals surface area (Å²) in [7, 11) is 4.01. The van der Waals surface area contributed by atoms with Crippen LogP contribution in [0.1, 0.15) is 0 Å². The number of hydrogen-bond acceptors (Lipinski definition) is 2. The first-order valence-corrected chi connectivity index (χ1v) is 8.07. The van der Waals surface area contributed by atoms with E-state index in [0.29, 0.717) is 13.2 Å². The van der Waals surface area contributed by atoms with Crippen molar-refractivity contribution < 1.29 is 18.6 Å². The van der Waals surface area contributed by atoms with E-state index in [1.54, 1.807) is 0 Å². The van der Waals surface area contributed by atoms with Gasteiger partial charge < -0.3 is 9.47 Å². The molecule has 0 aliphatic rings. The van der Waals surface area contributed by atoms with Crippen LogP contribution < -0.4 is 18.6 Å². The Morgan fingerprint density at radius 1 is 0.750 bits per heavy atom. The minimum Gasteiger partial charge on any atom is -0.489 e. The van der Waals surface area contributed by atoms with E-state index in [0.717, 1.165) is 24.6 Å². The fourth-order valence-electron chi connectivity index (χ4n) is 2.44. The van der Waals surface area contributed by atoms with Gasteiger partial charge in [0.2, 0.25) is 12.7 Å². The Labute approximate surface area is 142 Å². The Morgan fingerprint density at radius 3 is 1.50 bits per heavy atom. The molecule has 3 rings (SSSR count). The van der Waals surface area contributed by atoms with Crippen LogP contribution in [0.25, 0.3) is 0 Å². The number of hydrogen-bond donors (Lipinski definition) is 0. The molecule has 0 atom stereocenters. The Hall–Kier alpha value is -2.76. The number of benzene rings is 1. The molecule has 2 aromatic heterocycles. The second kappa shape index (κ2) is 7.68. The molecule has 2 heterocycles. The van der Waals surface area contributed by atoms with Crippen molar-refractivity contribution >= 4 is 0 Å². The zero-order valence-corrected chi connectivity index (χ0v) is 14.2. The van der Waals surface area contributed by atoms with E-state index in [1.165, 1.54) is 0 Å². The summed E-state index contributed by atoms with van der Waals surface area (Å²) in [5, 5.41) is 0. The van der Waals surface area contributed by atoms with Crippen molar-refractivity contribution in [3.05, 3.63) is 61.7 Å². The van der Waals surface area contributed by atoms with Gasteiger partial charge in [0.05, 0.1) is 14.1 Å². The number of rotatable bonds is 8. The molecular formula is C18H24N4O2+2. The second-order valence-electron chi connectivity index (χ2n) is 5.80. The van der Waals surface area contributed by atoms with Crippen molar-refractivity contribution in [1.82, 2.24) is 9.13 Å². The zero-order valence-electron chi connectivity index (χ0n) is 14.2. The normalized spacial score (nSPS) is 10.8. The zero-order chi connectivity index (χ0) is 16.8. The highest BCUT2D eigenvalue weighted by molar-refractivity contribution is 5.31. The monoisotopic (exact) mass is 328 g/mol. The third kappa shape index (κ3) is 4.62. The van der Waals surface area contributed by atoms with Gasteiger partial charge in [-0.15, -0.1) is 0 Å². The van der Waals surface area contributed by atoms with Crippen molar-refractivity contribution in [3.63, 3.8) is 0 Å². The predicted octanol–water partition coefficient (Wildman–Crippen LogP) is 1.10. The van der Waals surface area contributed by atoms with E-state index >= 15 is 0 Å². The molecule has 3 aromatic rings. The molecule has 0 amide bonds. The van der Waals surface area contributed by atoms with Crippen molar-refractivity contribution in [3.8, 4) is 11.5 Å². The van der Waals surface area contributed by atoms with E-state index in [2.05, 4.69) is 9.13 Å². The van der Waals surface area contributed by atoms with Crippen LogP contribution in [0, 0.1) is 0 Å². The fraction of sp³-hybridized carbons (Fsp3) is 0.333. The van der Waals surface area contributed by atoms with Gasteiger partial charge in [0.1, 0.15) is 62.6 Å². The molecule has 6 heteroatoms. The van der Waals surface area contributed by atoms with Gasteiger partial charge in [-0.3, -0.25) is 0 Å². The fourth-order valence-corrected chi connectivity index (χ4v) is 2.44. The Kier molecular flexibility index (Phi) is 5.15. The number of aromatic nitrogens is 4. The summed E-state index contributed by atoms with van der Waals surface area (Å²) in [6.07, 6.45) is 12.2. The molecule has 0 saturated carbocycles. The molecule has 0 spiro atoms. The third-order valence-electron chi connectivity index (χ3n) is 3.71. The topological polar surface area (TPSA) is 36.1 Å². The lowest BCUT2D eigenvalue weighted by atomic mass is 10.3. The lowest BCUT2D eigenvalue weighted by Gasteiger charge is -2.07. The second-order valence-corrected chi connectivity index (χ2v) is 5.80. The van der Waals surface area contributed by atoms with Crippen LogP contribution in [0.15, 0.2) is 61.7 Å². The molecule has 0 bridgehead atoms. The SMILES string of the molecule is Cn1cc[n+](CCOc2ccc(OCC[n+]3ccn(C)c3)cc2)c1. The molecule has 1 aromatic carbocycles. The third-order valence-corrected chi connectivity index (χ3v) is 3.71. The summed E-state index contributed by atoms with van der Waals surface area (Å²) in [4.78, 5) is 0. The number of aryl methyl sites for hydroxylation is 2. The average molecular weight is 328 g/mol. The van der Waals surface area contributed by atoms with Gasteiger partial charge in [-0.2, -0.15) is 0 Å². The van der Waals surface area contributed by atoms with Gasteiger partial charge in [0, 0.05) is 0 Å². The van der Waals surface area contributed by atoms with E-state index in [1.807, 2.05) is 84.9 Å². The molecule has 0 aliphatic heterocycles. The summed E-state index contributed by atoms with van der Waals surface area (Å²) < 4.78 is 19.7. The van der Waals surface area contributed by atoms with Crippen LogP contribution in [0.4, 0.5) is 0 Å². The molecule has 0 unspecified atom stereocenters. The molecule has 0 N–H and O–H groups in total. The number of nitrogens with zero attached hydrogens (tertiary/aromatic N) is 4. The van der Waals surface area contributed by atoms with E-state index in [9.17, 15) is 0 Å². The summed E-state index contributed by atoms with van der Waals surface area (Å²) >= 11 is 0. The molecule has 24 heavy (non-hydrogen) atoms. The molecule has 126 valence electrons. The highest BCUT2D eigenvalue weighted by Crippen LogP contribution is 2.17. The molecule has 0 radical (unpaired) electrons. The molecule has 6 nitrogen and oxygen atoms in total. The van der Waals surface area contributed by atoms with Gasteiger partial charge in [-0.25, -0.2) is 18.3 Å². The van der Waals surface area contributed by atoms with Gasteiger partial charge in [0.25, 0.3) is 0 Å². The first-order valence-electron chi connectivity index (χ1n) is 8.07. The lowest BCUT2D eigenvalue weighted by Crippen LogP contribution is -2.34. The minimum absolute atomic E-state index is 0.638. The standard InChI is InChI=1S/C18H24N4O2/c1-19-7-9-21(15-19)11-13-23-17-3-5-18(6-4-17)24-14-12-22-10-8-20(2)16-22/h3-10,15-16H,11-14H2,1-2H3/q+2. The maximum Gasteiger partial charge on any atom is 0.243 e. The quantitative estimate of drug-likeness (QED) is 0.581. The first-order chi connectivity index (χ1) is 11.7. The number of imidazole rings is 2. The Morgan fingerprint density at radius 2 is 1.17 bits per heavy atom. The molecule has 0 fully saturated rings. The highest BCUT2D eigenvalue weighted by atomic mass is 16.5. The van der Waals surface area contributed by atoms with Crippen LogP contribution in [-0.4, -0.2) is 22.3 Å². The van der Waals surface area contributed by atoms with Crippen LogP contribution >= 0.6 is 0 Å². The summed E-state index contributed by atoms with van der Waals surface area (Å²) in [5.74, 6) is 1.72. The Balaban J connectivity index is 1.39. The van der Waals surface area contributed by atoms with Crippen molar-refractivity contribution in [2.24, 2.45) is 14.1 Å². The van der Waals surface area contributed by atoms with Crippen molar-refractivity contribution in [2.75, 3.05) is 13.2 Å². The largest absolute Gasteiger partial charge is 0.489 e. The molecular weight excluding hydrogens is 304 g/mol. The maximum absolute atomic E-state index is 5.76. The molecule has 0 aliphatic carbocycles. The van der Waals surface area contributed by atoms with E-state index in [4.69, 9.17) is 9.47 Å². The van der Waals surface area contributed by atoms with Gasteiger partial charge in [0.15, 0.2) is 0 Å². The molecule has 0 saturated heterocycles. The smallest absolute Gasteiger partial charge is 0.243 e. The maximum atomic E-state index is 5.76. The van der Waals surface area contributed by atoms with Gasteiger partial charge in [-0.1, -0.05) is 0 Å². The lowest BCUT2D eigenvalue weighted by molar-refractivity contribution is -0.697. The summed E-state index contributed by atoms with van der Waals surface area (Å²) in [6, 6.07) is 7.78. The van der Waals surface area contributed by atoms with Crippen LogP contribution in [-0.2, 0) is 27.2 Å². The highest BCUT2D eigenvalue weighted by Gasteiger charge is 2.03. The minimum atomic E-state index is 0.638. The summed E-state index contributed by atoms with van der Waals surface area (Å²) in [5.41, 5.74) is 0. The van der Waals surface area contributed by atoms with E-state index in [-0.39, 0.29) is 0 Å². The van der Waals surface area contributed by atoms with Gasteiger partial charge in [-0.05, 0) is 24.3 Å². The average Bonchev–Trinajstić information content (AvgIpc) is 3.17. The summed E-state index contributed by atoms with van der Waals surface area (Å²) in [6.45, 7) is 2.93. The number of ether oxygens (including phenoxy) is 2. The van der Waals surface area contributed by atoms with E-state index < -0.39 is 0 Å². The van der Waals surface area contributed by atoms with Crippen LogP contribution in [0.2, 0.25) is 0 Å². The van der Waals surface area contributed by atoms with Crippen molar-refractivity contribution in [1.29, 1.82) is 0 Å². The van der Waals surface area contributed by atoms with Gasteiger partial charge >= 0.3 is 0 Å². The predicted molar refractivity (Wildman–Crippen MR) is 88.6 cm³/mol. The van der Waals surface area contributed by atoms with Crippen molar-refractivity contribution in [2.45, 2.75) is 13.1 Å². The Bertz CT molecular complexity index is 696. The first kappa shape index (κ1) is 16.1. The van der Waals surface area contributed by atoms with Crippen LogP contribution in [0.5, 0.6) is 11.5 Å². The van der Waals surface area contributed by atoms with Crippen LogP contribution in [0.3, 0.4) is 0 Å².